The number of nitrogens with zero attached hydrogens (tertiary/aromatic N) is 2. The molecule has 0 aromatic rings. The van der Waals surface area contributed by atoms with Crippen molar-refractivity contribution >= 4 is 12.0 Å². The van der Waals surface area contributed by atoms with Gasteiger partial charge in [-0.05, 0) is 6.42 Å². The standard InChI is InChI=1S/C10H12F6N2O3/c1-17(5-9(11,12)13)7(21)18-3-2-8(4-18,6(19)20)10(14,15)16/h2-5H2,1H3,(H,19,20). The molecule has 1 heterocycles. The second-order valence-corrected chi connectivity index (χ2v) is 4.81. The Bertz CT molecular complexity index is 435. The van der Waals surface area contributed by atoms with E-state index < -0.39 is 55.8 Å². The maximum Gasteiger partial charge on any atom is 0.406 e. The first kappa shape index (κ1) is 17.4. The Labute approximate surface area is 115 Å². The summed E-state index contributed by atoms with van der Waals surface area (Å²) in [6.45, 7) is -3.41. The monoisotopic (exact) mass is 322 g/mol. The number of carbonyl (C=O) groups excluding carboxylic acids is 1. The van der Waals surface area contributed by atoms with Crippen LogP contribution >= 0.6 is 0 Å². The third-order valence-corrected chi connectivity index (χ3v) is 3.23. The topological polar surface area (TPSA) is 60.9 Å². The van der Waals surface area contributed by atoms with Crippen LogP contribution < -0.4 is 0 Å². The van der Waals surface area contributed by atoms with Crippen LogP contribution in [0.1, 0.15) is 6.42 Å². The molecule has 0 saturated carbocycles. The van der Waals surface area contributed by atoms with E-state index >= 15 is 0 Å². The highest BCUT2D eigenvalue weighted by Crippen LogP contribution is 2.45. The zero-order valence-electron chi connectivity index (χ0n) is 10.8. The van der Waals surface area contributed by atoms with E-state index in [0.717, 1.165) is 7.05 Å². The normalized spacial score (nSPS) is 23.3. The van der Waals surface area contributed by atoms with Crippen LogP contribution in [0.3, 0.4) is 0 Å². The lowest BCUT2D eigenvalue weighted by molar-refractivity contribution is -0.227. The summed E-state index contributed by atoms with van der Waals surface area (Å²) in [5.41, 5.74) is -3.14. The van der Waals surface area contributed by atoms with Crippen molar-refractivity contribution in [1.29, 1.82) is 0 Å². The fraction of sp³-hybridized carbons (Fsp3) is 0.800. The second-order valence-electron chi connectivity index (χ2n) is 4.81. The molecule has 2 amide bonds. The predicted octanol–water partition coefficient (Wildman–Crippen LogP) is 1.94. The molecule has 1 N–H and O–H groups in total. The first-order chi connectivity index (χ1) is 9.30. The fourth-order valence-electron chi connectivity index (χ4n) is 2.08. The molecule has 1 rings (SSSR count). The number of carboxylic acid groups (broad SMARTS) is 1. The van der Waals surface area contributed by atoms with Gasteiger partial charge < -0.3 is 14.9 Å². The van der Waals surface area contributed by atoms with Gasteiger partial charge in [0.25, 0.3) is 0 Å². The molecule has 0 bridgehead atoms. The molecular weight excluding hydrogens is 310 g/mol. The number of alkyl halides is 6. The molecule has 122 valence electrons. The van der Waals surface area contributed by atoms with E-state index in [1.807, 2.05) is 0 Å². The van der Waals surface area contributed by atoms with Crippen molar-refractivity contribution in [3.8, 4) is 0 Å². The van der Waals surface area contributed by atoms with Crippen LogP contribution in [0.4, 0.5) is 31.1 Å². The van der Waals surface area contributed by atoms with Gasteiger partial charge in [0.05, 0.1) is 0 Å². The van der Waals surface area contributed by atoms with E-state index in [0.29, 0.717) is 4.90 Å². The number of hydrogen-bond donors (Lipinski definition) is 1. The molecule has 11 heteroatoms. The minimum atomic E-state index is -5.10. The highest BCUT2D eigenvalue weighted by atomic mass is 19.4. The van der Waals surface area contributed by atoms with Gasteiger partial charge in [0.1, 0.15) is 6.54 Å². The molecule has 1 atom stereocenters. The van der Waals surface area contributed by atoms with Crippen molar-refractivity contribution in [2.45, 2.75) is 18.8 Å². The first-order valence-electron chi connectivity index (χ1n) is 5.67. The number of carbonyl (C=O) groups is 2. The number of likely N-dealkylation sites (tertiary alicyclic amines) is 1. The summed E-state index contributed by atoms with van der Waals surface area (Å²) >= 11 is 0. The molecule has 1 fully saturated rings. The molecule has 1 aliphatic rings. The van der Waals surface area contributed by atoms with Crippen molar-refractivity contribution in [2.75, 3.05) is 26.7 Å². The largest absolute Gasteiger partial charge is 0.481 e. The van der Waals surface area contributed by atoms with Crippen molar-refractivity contribution in [1.82, 2.24) is 9.80 Å². The summed E-state index contributed by atoms with van der Waals surface area (Å²) in [6.07, 6.45) is -10.7. The van der Waals surface area contributed by atoms with Crippen molar-refractivity contribution in [3.63, 3.8) is 0 Å². The van der Waals surface area contributed by atoms with Gasteiger partial charge >= 0.3 is 24.4 Å². The number of hydrogen-bond acceptors (Lipinski definition) is 2. The van der Waals surface area contributed by atoms with E-state index in [2.05, 4.69) is 0 Å². The van der Waals surface area contributed by atoms with E-state index in [1.54, 1.807) is 0 Å². The third kappa shape index (κ3) is 3.50. The van der Waals surface area contributed by atoms with Crippen LogP contribution in [-0.4, -0.2) is 65.9 Å². The average Bonchev–Trinajstić information content (AvgIpc) is 2.70. The summed E-state index contributed by atoms with van der Waals surface area (Å²) in [7, 11) is 0.782. The second kappa shape index (κ2) is 5.26. The van der Waals surface area contributed by atoms with Crippen molar-refractivity contribution in [2.24, 2.45) is 5.41 Å². The van der Waals surface area contributed by atoms with Gasteiger partial charge in [-0.3, -0.25) is 4.79 Å². The van der Waals surface area contributed by atoms with E-state index in [-0.39, 0.29) is 4.90 Å². The fourth-order valence-corrected chi connectivity index (χ4v) is 2.08. The molecule has 5 nitrogen and oxygen atoms in total. The number of amides is 2. The minimum absolute atomic E-state index is 0.203. The lowest BCUT2D eigenvalue weighted by atomic mass is 9.86. The highest BCUT2D eigenvalue weighted by Gasteiger charge is 2.64. The Kier molecular flexibility index (Phi) is 4.35. The van der Waals surface area contributed by atoms with Gasteiger partial charge in [-0.2, -0.15) is 26.3 Å². The molecule has 0 aromatic heterocycles. The van der Waals surface area contributed by atoms with Crippen LogP contribution in [0.2, 0.25) is 0 Å². The molecule has 0 radical (unpaired) electrons. The predicted molar refractivity (Wildman–Crippen MR) is 56.4 cm³/mol. The molecule has 1 aliphatic heterocycles. The lowest BCUT2D eigenvalue weighted by Crippen LogP contribution is -2.50. The Morgan fingerprint density at radius 2 is 1.76 bits per heavy atom. The Balaban J connectivity index is 2.86. The van der Waals surface area contributed by atoms with Gasteiger partial charge in [-0.25, -0.2) is 4.79 Å². The highest BCUT2D eigenvalue weighted by molar-refractivity contribution is 5.80. The first-order valence-corrected chi connectivity index (χ1v) is 5.67. The number of carboxylic acids is 1. The van der Waals surface area contributed by atoms with Crippen LogP contribution in [0.5, 0.6) is 0 Å². The van der Waals surface area contributed by atoms with Gasteiger partial charge in [0.15, 0.2) is 5.41 Å². The lowest BCUT2D eigenvalue weighted by Gasteiger charge is -2.29. The maximum absolute atomic E-state index is 12.9. The van der Waals surface area contributed by atoms with Crippen LogP contribution in [-0.2, 0) is 4.79 Å². The smallest absolute Gasteiger partial charge is 0.406 e. The SMILES string of the molecule is CN(CC(F)(F)F)C(=O)N1CCC(C(=O)O)(C(F)(F)F)C1. The Hall–Kier alpha value is -1.68. The third-order valence-electron chi connectivity index (χ3n) is 3.23. The summed E-state index contributed by atoms with van der Waals surface area (Å²) in [5.74, 6) is -2.15. The Morgan fingerprint density at radius 3 is 2.10 bits per heavy atom. The van der Waals surface area contributed by atoms with Gasteiger partial charge in [0, 0.05) is 20.1 Å². The number of urea groups is 1. The van der Waals surface area contributed by atoms with Crippen molar-refractivity contribution < 1.29 is 41.0 Å². The van der Waals surface area contributed by atoms with Gasteiger partial charge in [-0.1, -0.05) is 0 Å². The number of halogens is 6. The average molecular weight is 322 g/mol. The summed E-state index contributed by atoms with van der Waals surface area (Å²) in [6, 6.07) is -1.29. The van der Waals surface area contributed by atoms with E-state index in [9.17, 15) is 35.9 Å². The van der Waals surface area contributed by atoms with Crippen molar-refractivity contribution in [3.05, 3.63) is 0 Å². The molecule has 0 spiro atoms. The molecular formula is C10H12F6N2O3. The molecule has 1 unspecified atom stereocenters. The minimum Gasteiger partial charge on any atom is -0.481 e. The molecule has 0 aliphatic carbocycles. The van der Waals surface area contributed by atoms with E-state index in [1.165, 1.54) is 0 Å². The van der Waals surface area contributed by atoms with E-state index in [4.69, 9.17) is 5.11 Å². The number of rotatable bonds is 2. The molecule has 1 saturated heterocycles. The summed E-state index contributed by atoms with van der Waals surface area (Å²) in [5, 5.41) is 8.77. The van der Waals surface area contributed by atoms with Crippen LogP contribution in [0, 0.1) is 5.41 Å². The Morgan fingerprint density at radius 1 is 1.24 bits per heavy atom. The number of aliphatic carboxylic acids is 1. The summed E-state index contributed by atoms with van der Waals surface area (Å²) in [4.78, 5) is 23.2. The van der Waals surface area contributed by atoms with Gasteiger partial charge in [0.2, 0.25) is 0 Å². The van der Waals surface area contributed by atoms with Gasteiger partial charge in [-0.15, -0.1) is 0 Å². The van der Waals surface area contributed by atoms with Crippen LogP contribution in [0.25, 0.3) is 0 Å². The molecule has 0 aromatic carbocycles. The molecule has 21 heavy (non-hydrogen) atoms. The van der Waals surface area contributed by atoms with Crippen LogP contribution in [0.15, 0.2) is 0 Å². The quantitative estimate of drug-likeness (QED) is 0.791. The summed E-state index contributed by atoms with van der Waals surface area (Å²) < 4.78 is 75.0. The zero-order valence-corrected chi connectivity index (χ0v) is 10.8. The zero-order chi connectivity index (χ0) is 16.6. The maximum atomic E-state index is 12.9.